The van der Waals surface area contributed by atoms with Gasteiger partial charge < -0.3 is 57.6 Å². The summed E-state index contributed by atoms with van der Waals surface area (Å²) >= 11 is 0. The zero-order chi connectivity index (χ0) is 50.7. The van der Waals surface area contributed by atoms with Crippen molar-refractivity contribution in [3.63, 3.8) is 0 Å². The summed E-state index contributed by atoms with van der Waals surface area (Å²) < 4.78 is 18.4. The van der Waals surface area contributed by atoms with Gasteiger partial charge in [-0.3, -0.25) is 24.0 Å². The lowest BCUT2D eigenvalue weighted by atomic mass is 9.93. The van der Waals surface area contributed by atoms with Gasteiger partial charge in [-0.1, -0.05) is 31.9 Å². The van der Waals surface area contributed by atoms with E-state index in [2.05, 4.69) is 38.2 Å². The van der Waals surface area contributed by atoms with Crippen molar-refractivity contribution in [1.82, 2.24) is 36.1 Å². The van der Waals surface area contributed by atoms with E-state index in [1.807, 2.05) is 30.3 Å². The molecule has 4 atom stereocenters. The maximum Gasteiger partial charge on any atom is 0.255 e. The van der Waals surface area contributed by atoms with Crippen LogP contribution in [0.4, 0.5) is 0 Å². The standard InChI is InChI=1S/C51H67N11O8/c1-6-7-8-25-68-37-15-12-35(13-16-37)46-57-31(2)44(32(3)58-46)49(65)60-40(19-22-54)51(67)62(5)45-36-14-18-43(70-27-10-21-53)39(30-36)38-28-34(11-17-42(38)69-26-9-20-52)29-41(48(64)56-24-23-55)61-47(63)33(4)59-50(45)66/h11-18,28,30,33,40-41,45H,6-10,19-22,24-27,29,52-54H2,1-5H3,(H,56,64)(H,59,66)(H,60,65)(H,61,63)/t33-,40-,41-,45-/m0/s1. The largest absolute Gasteiger partial charge is 0.494 e. The lowest BCUT2D eigenvalue weighted by Gasteiger charge is -2.32. The van der Waals surface area contributed by atoms with E-state index in [9.17, 15) is 29.2 Å². The van der Waals surface area contributed by atoms with Crippen LogP contribution in [-0.4, -0.2) is 116 Å². The second-order valence-electron chi connectivity index (χ2n) is 17.1. The number of amides is 5. The lowest BCUT2D eigenvalue weighted by Crippen LogP contribution is -2.56. The predicted molar refractivity (Wildman–Crippen MR) is 264 cm³/mol. The molecule has 5 rings (SSSR count). The molecule has 0 saturated heterocycles. The van der Waals surface area contributed by atoms with Crippen molar-refractivity contribution in [2.24, 2.45) is 17.2 Å². The van der Waals surface area contributed by atoms with Crippen molar-refractivity contribution in [3.8, 4) is 45.8 Å². The number of rotatable bonds is 22. The Bertz CT molecular complexity index is 2470. The highest BCUT2D eigenvalue weighted by atomic mass is 16.5. The summed E-state index contributed by atoms with van der Waals surface area (Å²) in [5.41, 5.74) is 21.3. The van der Waals surface area contributed by atoms with Crippen LogP contribution >= 0.6 is 0 Å². The number of fused-ring (bicyclic) bond motifs is 5. The quantitative estimate of drug-likeness (QED) is 0.0440. The van der Waals surface area contributed by atoms with Crippen LogP contribution in [0.2, 0.25) is 0 Å². The van der Waals surface area contributed by atoms with Crippen molar-refractivity contribution < 1.29 is 38.2 Å². The summed E-state index contributed by atoms with van der Waals surface area (Å²) in [5.74, 6) is -1.34. The minimum atomic E-state index is -1.40. The number of hydrogen-bond donors (Lipinski definition) is 7. The highest BCUT2D eigenvalue weighted by molar-refractivity contribution is 6.00. The first-order chi connectivity index (χ1) is 33.7. The lowest BCUT2D eigenvalue weighted by molar-refractivity contribution is -0.141. The third-order valence-electron chi connectivity index (χ3n) is 11.7. The van der Waals surface area contributed by atoms with Gasteiger partial charge in [0.15, 0.2) is 5.82 Å². The molecule has 0 unspecified atom stereocenters. The Morgan fingerprint density at radius 3 is 2.07 bits per heavy atom. The molecule has 19 heteroatoms. The molecule has 0 fully saturated rings. The first-order valence-electron chi connectivity index (χ1n) is 23.8. The number of nitrogens with one attached hydrogen (secondary N) is 4. The molecule has 0 spiro atoms. The van der Waals surface area contributed by atoms with Crippen LogP contribution < -0.4 is 52.7 Å². The van der Waals surface area contributed by atoms with Gasteiger partial charge in [-0.05, 0) is 126 Å². The molecule has 4 aromatic rings. The number of benzene rings is 3. The zero-order valence-corrected chi connectivity index (χ0v) is 40.8. The fourth-order valence-corrected chi connectivity index (χ4v) is 7.97. The van der Waals surface area contributed by atoms with Crippen LogP contribution in [0.3, 0.4) is 0 Å². The van der Waals surface area contributed by atoms with Gasteiger partial charge in [-0.25, -0.2) is 9.97 Å². The monoisotopic (exact) mass is 962 g/mol. The summed E-state index contributed by atoms with van der Waals surface area (Å²) in [7, 11) is 1.43. The number of likely N-dealkylation sites (N-methyl/N-ethyl adjacent to an activating group) is 1. The minimum Gasteiger partial charge on any atom is -0.494 e. The number of hydrogen-bond acceptors (Lipinski definition) is 14. The number of nitriles is 1. The third kappa shape index (κ3) is 14.2. The summed E-state index contributed by atoms with van der Waals surface area (Å²) in [6.07, 6.45) is 4.24. The van der Waals surface area contributed by atoms with Gasteiger partial charge in [0.1, 0.15) is 48.0 Å². The second-order valence-corrected chi connectivity index (χ2v) is 17.1. The number of unbranched alkanes of at least 4 members (excludes halogenated alkanes) is 2. The average molecular weight is 962 g/mol. The van der Waals surface area contributed by atoms with Gasteiger partial charge in [0.25, 0.3) is 5.91 Å². The van der Waals surface area contributed by atoms with Gasteiger partial charge in [0.2, 0.25) is 23.6 Å². The fourth-order valence-electron chi connectivity index (χ4n) is 7.97. The SMILES string of the molecule is CCCCCOc1ccc(-c2nc(C)c(C(=O)N[C@@H](CCN)C(=O)N(C)[C@@H]3C(=O)N[C@@H](C)C(=O)N[C@H](C(=O)NCC#N)Cc4ccc(OCCCN)c(c4)-c4cc3ccc4OCCCN)c(C)n2)cc1. The molecule has 374 valence electrons. The Balaban J connectivity index is 1.54. The first kappa shape index (κ1) is 53.8. The van der Waals surface area contributed by atoms with E-state index in [1.54, 1.807) is 50.2 Å². The van der Waals surface area contributed by atoms with E-state index < -0.39 is 53.7 Å². The minimum absolute atomic E-state index is 0.00330. The van der Waals surface area contributed by atoms with Crippen LogP contribution in [0.25, 0.3) is 22.5 Å². The Hall–Kier alpha value is -7.14. The van der Waals surface area contributed by atoms with Crippen molar-refractivity contribution in [2.75, 3.05) is 53.0 Å². The topological polar surface area (TPSA) is 292 Å². The molecule has 1 aliphatic heterocycles. The molecule has 0 radical (unpaired) electrons. The summed E-state index contributed by atoms with van der Waals surface area (Å²) in [6, 6.07) is 14.6. The van der Waals surface area contributed by atoms with Gasteiger partial charge in [0, 0.05) is 30.2 Å². The number of aromatic nitrogens is 2. The van der Waals surface area contributed by atoms with Crippen LogP contribution in [0.5, 0.6) is 17.2 Å². The molecule has 5 amide bonds. The van der Waals surface area contributed by atoms with E-state index in [-0.39, 0.29) is 44.7 Å². The van der Waals surface area contributed by atoms with Crippen molar-refractivity contribution >= 4 is 29.5 Å². The van der Waals surface area contributed by atoms with Crippen molar-refractivity contribution in [1.29, 1.82) is 5.26 Å². The van der Waals surface area contributed by atoms with Crippen LogP contribution in [-0.2, 0) is 25.6 Å². The number of ether oxygens (including phenoxy) is 3. The number of nitrogens with zero attached hydrogens (tertiary/aromatic N) is 4. The molecule has 1 aromatic heterocycles. The molecule has 0 aliphatic carbocycles. The van der Waals surface area contributed by atoms with Crippen molar-refractivity contribution in [2.45, 2.75) is 96.8 Å². The normalized spacial score (nSPS) is 16.1. The highest BCUT2D eigenvalue weighted by Gasteiger charge is 2.36. The molecule has 2 heterocycles. The molecule has 70 heavy (non-hydrogen) atoms. The molecule has 0 saturated carbocycles. The maximum absolute atomic E-state index is 14.8. The van der Waals surface area contributed by atoms with Gasteiger partial charge in [0.05, 0.1) is 42.8 Å². The van der Waals surface area contributed by atoms with E-state index in [0.717, 1.165) is 30.6 Å². The van der Waals surface area contributed by atoms with E-state index >= 15 is 0 Å². The molecule has 4 bridgehead atoms. The Morgan fingerprint density at radius 2 is 1.46 bits per heavy atom. The van der Waals surface area contributed by atoms with Crippen LogP contribution in [0.1, 0.15) is 91.3 Å². The molecular weight excluding hydrogens is 895 g/mol. The fraction of sp³-hybridized carbons (Fsp3) is 0.451. The number of aryl methyl sites for hydroxylation is 2. The second kappa shape index (κ2) is 26.6. The maximum atomic E-state index is 14.8. The molecule has 1 aliphatic rings. The number of carbonyl (C=O) groups is 5. The van der Waals surface area contributed by atoms with Crippen LogP contribution in [0, 0.1) is 25.2 Å². The third-order valence-corrected chi connectivity index (χ3v) is 11.7. The van der Waals surface area contributed by atoms with E-state index in [0.29, 0.717) is 83.5 Å². The van der Waals surface area contributed by atoms with Crippen LogP contribution in [0.15, 0.2) is 60.7 Å². The Labute approximate surface area is 409 Å². The van der Waals surface area contributed by atoms with Crippen molar-refractivity contribution in [3.05, 3.63) is 88.7 Å². The summed E-state index contributed by atoms with van der Waals surface area (Å²) in [4.78, 5) is 81.4. The molecule has 3 aromatic carbocycles. The zero-order valence-electron chi connectivity index (χ0n) is 40.8. The molecule has 10 N–H and O–H groups in total. The summed E-state index contributed by atoms with van der Waals surface area (Å²) in [6.45, 7) is 8.55. The number of nitrogens with two attached hydrogens (primary N) is 3. The Morgan fingerprint density at radius 1 is 0.829 bits per heavy atom. The van der Waals surface area contributed by atoms with Gasteiger partial charge >= 0.3 is 0 Å². The van der Waals surface area contributed by atoms with E-state index in [1.165, 1.54) is 18.9 Å². The first-order valence-corrected chi connectivity index (χ1v) is 23.8. The smallest absolute Gasteiger partial charge is 0.255 e. The highest BCUT2D eigenvalue weighted by Crippen LogP contribution is 2.40. The molecular formula is C51H67N11O8. The molecule has 19 nitrogen and oxygen atoms in total. The van der Waals surface area contributed by atoms with E-state index in [4.69, 9.17) is 31.4 Å². The van der Waals surface area contributed by atoms with Gasteiger partial charge in [-0.2, -0.15) is 5.26 Å². The Kier molecular flexibility index (Phi) is 20.4. The predicted octanol–water partition coefficient (Wildman–Crippen LogP) is 3.28. The van der Waals surface area contributed by atoms with Gasteiger partial charge in [-0.15, -0.1) is 0 Å². The number of carbonyl (C=O) groups excluding carboxylic acids is 5. The summed E-state index contributed by atoms with van der Waals surface area (Å²) in [5, 5.41) is 20.0. The average Bonchev–Trinajstić information content (AvgIpc) is 3.34.